The van der Waals surface area contributed by atoms with Gasteiger partial charge in [-0.2, -0.15) is 13.2 Å². The lowest BCUT2D eigenvalue weighted by atomic mass is 9.84. The minimum atomic E-state index is -4.34. The Morgan fingerprint density at radius 1 is 1.26 bits per heavy atom. The van der Waals surface area contributed by atoms with E-state index in [1.54, 1.807) is 0 Å². The van der Waals surface area contributed by atoms with Gasteiger partial charge in [0.15, 0.2) is 0 Å². The molecule has 0 aliphatic heterocycles. The van der Waals surface area contributed by atoms with Crippen molar-refractivity contribution in [3.05, 3.63) is 0 Å². The zero-order valence-corrected chi connectivity index (χ0v) is 10.8. The quantitative estimate of drug-likeness (QED) is 0.804. The second-order valence-electron chi connectivity index (χ2n) is 4.70. The van der Waals surface area contributed by atoms with Crippen molar-refractivity contribution < 1.29 is 27.5 Å². The average Bonchev–Trinajstić information content (AvgIpc) is 2.35. The first-order valence-electron chi connectivity index (χ1n) is 6.27. The van der Waals surface area contributed by atoms with Crippen LogP contribution in [0.2, 0.25) is 0 Å². The monoisotopic (exact) mass is 281 g/mol. The topological polar surface area (TPSA) is 55.4 Å². The molecule has 1 amide bonds. The molecule has 1 aliphatic carbocycles. The average molecular weight is 281 g/mol. The minimum absolute atomic E-state index is 0.415. The van der Waals surface area contributed by atoms with Crippen LogP contribution >= 0.6 is 0 Å². The summed E-state index contributed by atoms with van der Waals surface area (Å²) in [5.74, 6) is -1.53. The maximum absolute atomic E-state index is 12.0. The van der Waals surface area contributed by atoms with Crippen molar-refractivity contribution in [2.45, 2.75) is 50.7 Å². The van der Waals surface area contributed by atoms with Gasteiger partial charge >= 0.3 is 12.1 Å². The molecule has 110 valence electrons. The summed E-state index contributed by atoms with van der Waals surface area (Å²) in [6, 6.07) is -0.415. The molecule has 1 saturated carbocycles. The Morgan fingerprint density at radius 3 is 2.47 bits per heavy atom. The van der Waals surface area contributed by atoms with Crippen LogP contribution in [0.5, 0.6) is 0 Å². The number of hydrogen-bond acceptors (Lipinski definition) is 3. The van der Waals surface area contributed by atoms with Gasteiger partial charge in [-0.05, 0) is 12.8 Å². The van der Waals surface area contributed by atoms with Crippen LogP contribution in [-0.4, -0.2) is 31.2 Å². The minimum Gasteiger partial charge on any atom is -0.469 e. The molecule has 0 aromatic rings. The summed E-state index contributed by atoms with van der Waals surface area (Å²) in [6.45, 7) is 0. The molecule has 0 bridgehead atoms. The molecule has 0 aromatic heterocycles. The van der Waals surface area contributed by atoms with Crippen molar-refractivity contribution in [1.29, 1.82) is 0 Å². The third-order valence-corrected chi connectivity index (χ3v) is 3.25. The SMILES string of the molecule is COC(=O)[C@H]1CCCC[C@@H]1NC(=O)CCC(F)(F)F. The summed E-state index contributed by atoms with van der Waals surface area (Å²) in [5.41, 5.74) is 0. The lowest BCUT2D eigenvalue weighted by molar-refractivity contribution is -0.149. The van der Waals surface area contributed by atoms with Crippen LogP contribution in [0.25, 0.3) is 0 Å². The highest BCUT2D eigenvalue weighted by molar-refractivity contribution is 5.78. The van der Waals surface area contributed by atoms with Gasteiger partial charge in [0.1, 0.15) is 0 Å². The summed E-state index contributed by atoms with van der Waals surface area (Å²) in [6.07, 6.45) is -3.20. The van der Waals surface area contributed by atoms with E-state index in [1.807, 2.05) is 0 Å². The fourth-order valence-electron chi connectivity index (χ4n) is 2.27. The maximum atomic E-state index is 12.0. The van der Waals surface area contributed by atoms with Gasteiger partial charge in [-0.3, -0.25) is 9.59 Å². The second-order valence-corrected chi connectivity index (χ2v) is 4.70. The van der Waals surface area contributed by atoms with E-state index in [4.69, 9.17) is 0 Å². The summed E-state index contributed by atoms with van der Waals surface area (Å²) in [7, 11) is 1.26. The first-order valence-corrected chi connectivity index (χ1v) is 6.27. The smallest absolute Gasteiger partial charge is 0.389 e. The molecule has 1 fully saturated rings. The predicted molar refractivity (Wildman–Crippen MR) is 61.2 cm³/mol. The van der Waals surface area contributed by atoms with E-state index in [2.05, 4.69) is 10.1 Å². The molecule has 1 aliphatic rings. The third kappa shape index (κ3) is 5.48. The van der Waals surface area contributed by atoms with Gasteiger partial charge in [0.2, 0.25) is 5.91 Å². The molecule has 0 heterocycles. The van der Waals surface area contributed by atoms with Crippen molar-refractivity contribution in [3.63, 3.8) is 0 Å². The zero-order chi connectivity index (χ0) is 14.5. The van der Waals surface area contributed by atoms with E-state index in [0.29, 0.717) is 12.8 Å². The maximum Gasteiger partial charge on any atom is 0.389 e. The standard InChI is InChI=1S/C12H18F3NO3/c1-19-11(18)8-4-2-3-5-9(8)16-10(17)6-7-12(13,14)15/h8-9H,2-7H2,1H3,(H,16,17)/t8-,9-/m0/s1. The Labute approximate surface area is 109 Å². The van der Waals surface area contributed by atoms with Gasteiger partial charge in [0, 0.05) is 12.5 Å². The molecular formula is C12H18F3NO3. The molecule has 4 nitrogen and oxygen atoms in total. The molecule has 1 N–H and O–H groups in total. The number of carbonyl (C=O) groups is 2. The van der Waals surface area contributed by atoms with Crippen LogP contribution in [0, 0.1) is 5.92 Å². The fraction of sp³-hybridized carbons (Fsp3) is 0.833. The number of rotatable bonds is 4. The normalized spacial score (nSPS) is 23.8. The highest BCUT2D eigenvalue weighted by Crippen LogP contribution is 2.26. The lowest BCUT2D eigenvalue weighted by Crippen LogP contribution is -2.45. The summed E-state index contributed by atoms with van der Waals surface area (Å²) in [5, 5.41) is 2.52. The Balaban J connectivity index is 2.48. The molecule has 19 heavy (non-hydrogen) atoms. The molecule has 0 radical (unpaired) electrons. The molecule has 2 atom stereocenters. The van der Waals surface area contributed by atoms with Crippen LogP contribution in [0.4, 0.5) is 13.2 Å². The van der Waals surface area contributed by atoms with Crippen LogP contribution in [0.1, 0.15) is 38.5 Å². The number of nitrogens with one attached hydrogen (secondary N) is 1. The highest BCUT2D eigenvalue weighted by Gasteiger charge is 2.34. The third-order valence-electron chi connectivity index (χ3n) is 3.25. The highest BCUT2D eigenvalue weighted by atomic mass is 19.4. The van der Waals surface area contributed by atoms with Gasteiger partial charge < -0.3 is 10.1 Å². The van der Waals surface area contributed by atoms with E-state index in [9.17, 15) is 22.8 Å². The Hall–Kier alpha value is -1.27. The molecule has 0 saturated heterocycles. The first-order chi connectivity index (χ1) is 8.83. The van der Waals surface area contributed by atoms with E-state index in [-0.39, 0.29) is 0 Å². The van der Waals surface area contributed by atoms with Crippen molar-refractivity contribution in [2.75, 3.05) is 7.11 Å². The molecule has 0 spiro atoms. The summed E-state index contributed by atoms with van der Waals surface area (Å²) in [4.78, 5) is 23.0. The lowest BCUT2D eigenvalue weighted by Gasteiger charge is -2.30. The van der Waals surface area contributed by atoms with Crippen molar-refractivity contribution in [2.24, 2.45) is 5.92 Å². The zero-order valence-electron chi connectivity index (χ0n) is 10.8. The molecule has 1 rings (SSSR count). The number of methoxy groups -OCH3 is 1. The molecule has 0 unspecified atom stereocenters. The van der Waals surface area contributed by atoms with Crippen LogP contribution in [-0.2, 0) is 14.3 Å². The van der Waals surface area contributed by atoms with Gasteiger partial charge in [-0.25, -0.2) is 0 Å². The molecule has 7 heteroatoms. The fourth-order valence-corrected chi connectivity index (χ4v) is 2.27. The Morgan fingerprint density at radius 2 is 1.89 bits per heavy atom. The molecular weight excluding hydrogens is 263 g/mol. The van der Waals surface area contributed by atoms with E-state index < -0.39 is 42.9 Å². The van der Waals surface area contributed by atoms with Gasteiger partial charge in [0.25, 0.3) is 0 Å². The van der Waals surface area contributed by atoms with Crippen molar-refractivity contribution >= 4 is 11.9 Å². The number of esters is 1. The summed E-state index contributed by atoms with van der Waals surface area (Å²) < 4.78 is 40.6. The predicted octanol–water partition coefficient (Wildman–Crippen LogP) is 2.18. The van der Waals surface area contributed by atoms with Crippen LogP contribution in [0.3, 0.4) is 0 Å². The van der Waals surface area contributed by atoms with Crippen molar-refractivity contribution in [3.8, 4) is 0 Å². The number of ether oxygens (including phenoxy) is 1. The Kier molecular flexibility index (Phi) is 5.62. The summed E-state index contributed by atoms with van der Waals surface area (Å²) >= 11 is 0. The Bertz CT molecular complexity index is 331. The number of amides is 1. The number of alkyl halides is 3. The largest absolute Gasteiger partial charge is 0.469 e. The number of hydrogen-bond donors (Lipinski definition) is 1. The van der Waals surface area contributed by atoms with Gasteiger partial charge in [-0.1, -0.05) is 12.8 Å². The van der Waals surface area contributed by atoms with Crippen LogP contribution < -0.4 is 5.32 Å². The van der Waals surface area contributed by atoms with E-state index in [0.717, 1.165) is 12.8 Å². The second kappa shape index (κ2) is 6.77. The number of carbonyl (C=O) groups excluding carboxylic acids is 2. The van der Waals surface area contributed by atoms with E-state index in [1.165, 1.54) is 7.11 Å². The van der Waals surface area contributed by atoms with Gasteiger partial charge in [0.05, 0.1) is 19.4 Å². The number of halogens is 3. The van der Waals surface area contributed by atoms with Crippen molar-refractivity contribution in [1.82, 2.24) is 5.32 Å². The van der Waals surface area contributed by atoms with Gasteiger partial charge in [-0.15, -0.1) is 0 Å². The first kappa shape index (κ1) is 15.8. The van der Waals surface area contributed by atoms with Crippen LogP contribution in [0.15, 0.2) is 0 Å². The molecule has 0 aromatic carbocycles. The van der Waals surface area contributed by atoms with E-state index >= 15 is 0 Å².